The molecule has 0 heterocycles. The average Bonchev–Trinajstić information content (AvgIpc) is 2.95. The summed E-state index contributed by atoms with van der Waals surface area (Å²) >= 11 is 0. The lowest BCUT2D eigenvalue weighted by atomic mass is 9.74. The molecule has 0 nitrogen and oxygen atoms in total. The van der Waals surface area contributed by atoms with Gasteiger partial charge in [-0.15, -0.1) is 0 Å². The Kier molecular flexibility index (Phi) is 4.33. The normalized spacial score (nSPS) is 26.8. The Morgan fingerprint density at radius 2 is 1.17 bits per heavy atom. The van der Waals surface area contributed by atoms with Crippen molar-refractivity contribution in [1.29, 1.82) is 0 Å². The minimum Gasteiger partial charge on any atom is -0.0744 e. The predicted molar refractivity (Wildman–Crippen MR) is 109 cm³/mol. The van der Waals surface area contributed by atoms with E-state index in [1.54, 1.807) is 11.1 Å². The molecule has 0 aromatic heterocycles. The van der Waals surface area contributed by atoms with Crippen LogP contribution in [0.2, 0.25) is 0 Å². The molecule has 2 aliphatic rings. The summed E-state index contributed by atoms with van der Waals surface area (Å²) in [5, 5.41) is 0.0940. The van der Waals surface area contributed by atoms with E-state index in [-0.39, 0.29) is 5.04 Å². The third-order valence-corrected chi connectivity index (χ3v) is 7.98. The van der Waals surface area contributed by atoms with Gasteiger partial charge in [0.2, 0.25) is 0 Å². The quantitative estimate of drug-likeness (QED) is 0.677. The number of benzene rings is 1. The SMILES string of the molecule is CC1=CC(C)C(C([SiH3])(C2=C(C)C(C)=CC2C)c2ccccc2)=C1C. The van der Waals surface area contributed by atoms with Gasteiger partial charge in [-0.25, -0.2) is 0 Å². The smallest absolute Gasteiger partial charge is 0.0266 e. The van der Waals surface area contributed by atoms with Crippen molar-refractivity contribution in [3.63, 3.8) is 0 Å². The topological polar surface area (TPSA) is 0 Å². The van der Waals surface area contributed by atoms with E-state index in [1.807, 2.05) is 0 Å². The van der Waals surface area contributed by atoms with E-state index < -0.39 is 0 Å². The Bertz CT molecular complexity index is 741. The molecule has 0 spiro atoms. The minimum atomic E-state index is 0.0940. The van der Waals surface area contributed by atoms with Crippen LogP contribution in [0.5, 0.6) is 0 Å². The van der Waals surface area contributed by atoms with E-state index >= 15 is 0 Å². The van der Waals surface area contributed by atoms with Crippen LogP contribution in [0.25, 0.3) is 0 Å². The third kappa shape index (κ3) is 2.41. The first-order valence-electron chi connectivity index (χ1n) is 9.14. The molecule has 0 aliphatic heterocycles. The molecular formula is C23H30Si. The Morgan fingerprint density at radius 3 is 1.50 bits per heavy atom. The van der Waals surface area contributed by atoms with E-state index in [1.165, 1.54) is 27.9 Å². The van der Waals surface area contributed by atoms with Crippen LogP contribution in [-0.4, -0.2) is 10.2 Å². The van der Waals surface area contributed by atoms with Crippen molar-refractivity contribution in [2.75, 3.05) is 0 Å². The summed E-state index contributed by atoms with van der Waals surface area (Å²) in [4.78, 5) is 0. The lowest BCUT2D eigenvalue weighted by Crippen LogP contribution is -2.36. The second-order valence-corrected chi connectivity index (χ2v) is 9.35. The standard InChI is InChI=1S/C23H30Si/c1-14-12-16(3)21(18(14)5)23(24,20-10-8-7-9-11-20)22-17(4)13-15(2)19(22)6/h7-13,16-17H,1-6,24H3. The van der Waals surface area contributed by atoms with E-state index in [0.29, 0.717) is 11.8 Å². The summed E-state index contributed by atoms with van der Waals surface area (Å²) in [6, 6.07) is 11.2. The van der Waals surface area contributed by atoms with Gasteiger partial charge in [0.05, 0.1) is 0 Å². The highest BCUT2D eigenvalue weighted by Crippen LogP contribution is 2.51. The molecule has 0 saturated carbocycles. The highest BCUT2D eigenvalue weighted by Gasteiger charge is 2.43. The van der Waals surface area contributed by atoms with Crippen molar-refractivity contribution in [2.24, 2.45) is 11.8 Å². The molecule has 0 radical (unpaired) electrons. The largest absolute Gasteiger partial charge is 0.0744 e. The molecule has 1 aromatic carbocycles. The lowest BCUT2D eigenvalue weighted by Gasteiger charge is -2.40. The van der Waals surface area contributed by atoms with Crippen molar-refractivity contribution >= 4 is 10.2 Å². The fourth-order valence-corrected chi connectivity index (χ4v) is 7.16. The van der Waals surface area contributed by atoms with Crippen molar-refractivity contribution in [2.45, 2.75) is 46.6 Å². The molecule has 24 heavy (non-hydrogen) atoms. The number of hydrogen-bond acceptors (Lipinski definition) is 0. The van der Waals surface area contributed by atoms with Crippen LogP contribution >= 0.6 is 0 Å². The summed E-state index contributed by atoms with van der Waals surface area (Å²) in [7, 11) is 1.09. The van der Waals surface area contributed by atoms with Crippen LogP contribution < -0.4 is 0 Å². The zero-order chi connectivity index (χ0) is 17.6. The maximum absolute atomic E-state index is 2.45. The van der Waals surface area contributed by atoms with Crippen molar-refractivity contribution in [3.05, 3.63) is 81.5 Å². The molecule has 126 valence electrons. The van der Waals surface area contributed by atoms with E-state index in [2.05, 4.69) is 84.0 Å². The highest BCUT2D eigenvalue weighted by molar-refractivity contribution is 6.21. The monoisotopic (exact) mass is 334 g/mol. The van der Waals surface area contributed by atoms with Crippen LogP contribution in [0.15, 0.2) is 75.9 Å². The summed E-state index contributed by atoms with van der Waals surface area (Å²) < 4.78 is 0. The maximum atomic E-state index is 2.45. The van der Waals surface area contributed by atoms with E-state index in [4.69, 9.17) is 0 Å². The van der Waals surface area contributed by atoms with Crippen LogP contribution in [0, 0.1) is 11.8 Å². The first-order chi connectivity index (χ1) is 11.3. The number of hydrogen-bond donors (Lipinski definition) is 0. The molecule has 0 saturated heterocycles. The Balaban J connectivity index is 2.30. The molecule has 0 amide bonds. The van der Waals surface area contributed by atoms with Crippen LogP contribution in [0.3, 0.4) is 0 Å². The molecule has 3 rings (SSSR count). The van der Waals surface area contributed by atoms with Gasteiger partial charge in [-0.05, 0) is 67.4 Å². The molecular weight excluding hydrogens is 304 g/mol. The molecule has 1 heteroatoms. The summed E-state index contributed by atoms with van der Waals surface area (Å²) in [6.07, 6.45) is 4.91. The van der Waals surface area contributed by atoms with Gasteiger partial charge in [-0.3, -0.25) is 0 Å². The maximum Gasteiger partial charge on any atom is 0.0266 e. The van der Waals surface area contributed by atoms with Crippen molar-refractivity contribution in [1.82, 2.24) is 0 Å². The molecule has 0 fully saturated rings. The fraction of sp³-hybridized carbons (Fsp3) is 0.391. The van der Waals surface area contributed by atoms with Crippen molar-refractivity contribution < 1.29 is 0 Å². The lowest BCUT2D eigenvalue weighted by molar-refractivity contribution is 0.648. The van der Waals surface area contributed by atoms with Gasteiger partial charge < -0.3 is 0 Å². The fourth-order valence-electron chi connectivity index (χ4n) is 5.16. The first-order valence-corrected chi connectivity index (χ1v) is 10.1. The minimum absolute atomic E-state index is 0.0940. The van der Waals surface area contributed by atoms with E-state index in [9.17, 15) is 0 Å². The Morgan fingerprint density at radius 1 is 0.750 bits per heavy atom. The van der Waals surface area contributed by atoms with Gasteiger partial charge in [0.15, 0.2) is 0 Å². The van der Waals surface area contributed by atoms with Crippen LogP contribution in [0.1, 0.15) is 47.1 Å². The molecule has 0 N–H and O–H groups in total. The molecule has 1 aromatic rings. The Labute approximate surface area is 150 Å². The zero-order valence-corrected chi connectivity index (χ0v) is 18.2. The highest BCUT2D eigenvalue weighted by atomic mass is 28.1. The first kappa shape index (κ1) is 17.2. The van der Waals surface area contributed by atoms with Gasteiger partial charge in [-0.2, -0.15) is 0 Å². The van der Waals surface area contributed by atoms with Gasteiger partial charge in [0.25, 0.3) is 0 Å². The van der Waals surface area contributed by atoms with Crippen molar-refractivity contribution in [3.8, 4) is 0 Å². The molecule has 2 aliphatic carbocycles. The third-order valence-electron chi connectivity index (χ3n) is 6.33. The zero-order valence-electron chi connectivity index (χ0n) is 16.2. The van der Waals surface area contributed by atoms with Gasteiger partial charge in [0, 0.05) is 15.3 Å². The Hall–Kier alpha value is -1.60. The number of allylic oxidation sites excluding steroid dienone is 8. The molecule has 0 bridgehead atoms. The molecule has 2 unspecified atom stereocenters. The van der Waals surface area contributed by atoms with Gasteiger partial charge in [0.1, 0.15) is 0 Å². The second-order valence-electron chi connectivity index (χ2n) is 7.85. The van der Waals surface area contributed by atoms with Gasteiger partial charge in [-0.1, -0.05) is 67.5 Å². The van der Waals surface area contributed by atoms with E-state index in [0.717, 1.165) is 10.2 Å². The summed E-state index contributed by atoms with van der Waals surface area (Å²) in [5.41, 5.74) is 10.7. The molecule has 2 atom stereocenters. The average molecular weight is 335 g/mol. The van der Waals surface area contributed by atoms with Crippen LogP contribution in [-0.2, 0) is 5.04 Å². The summed E-state index contributed by atoms with van der Waals surface area (Å²) in [6.45, 7) is 14.0. The summed E-state index contributed by atoms with van der Waals surface area (Å²) in [5.74, 6) is 1.05. The van der Waals surface area contributed by atoms with Crippen LogP contribution in [0.4, 0.5) is 0 Å². The second kappa shape index (κ2) is 6.04. The number of rotatable bonds is 3. The van der Waals surface area contributed by atoms with Gasteiger partial charge >= 0.3 is 0 Å². The predicted octanol–water partition coefficient (Wildman–Crippen LogP) is 5.07.